The average molecular weight is 343 g/mol. The monoisotopic (exact) mass is 343 g/mol. The Morgan fingerprint density at radius 2 is 1.04 bits per heavy atom. The van der Waals surface area contributed by atoms with E-state index in [0.29, 0.717) is 5.75 Å². The van der Waals surface area contributed by atoms with E-state index in [1.807, 2.05) is 0 Å². The van der Waals surface area contributed by atoms with Gasteiger partial charge >= 0.3 is 0 Å². The van der Waals surface area contributed by atoms with Crippen LogP contribution in [0.25, 0.3) is 0 Å². The summed E-state index contributed by atoms with van der Waals surface area (Å²) >= 11 is 0. The molecule has 0 spiro atoms. The largest absolute Gasteiger partial charge is 0.508 e. The van der Waals surface area contributed by atoms with Gasteiger partial charge in [0, 0.05) is 0 Å². The summed E-state index contributed by atoms with van der Waals surface area (Å²) in [4.78, 5) is 2.62. The molecule has 3 aromatic rings. The molecule has 1 aliphatic heterocycles. The molecule has 0 amide bonds. The summed E-state index contributed by atoms with van der Waals surface area (Å²) in [5, 5.41) is 9.86. The Morgan fingerprint density at radius 1 is 0.577 bits per heavy atom. The first-order valence-electron chi connectivity index (χ1n) is 9.47. The van der Waals surface area contributed by atoms with Crippen molar-refractivity contribution in [2.45, 2.75) is 24.8 Å². The van der Waals surface area contributed by atoms with Crippen LogP contribution < -0.4 is 0 Å². The number of phenols is 1. The van der Waals surface area contributed by atoms with Crippen LogP contribution in [0.1, 0.15) is 36.0 Å². The quantitative estimate of drug-likeness (QED) is 0.661. The van der Waals surface area contributed by atoms with Crippen LogP contribution in [0.3, 0.4) is 0 Å². The van der Waals surface area contributed by atoms with Crippen LogP contribution in [0, 0.1) is 0 Å². The lowest BCUT2D eigenvalue weighted by atomic mass is 9.74. The molecule has 132 valence electrons. The van der Waals surface area contributed by atoms with Crippen molar-refractivity contribution in [1.82, 2.24) is 4.90 Å². The molecule has 0 radical (unpaired) electrons. The molecular formula is C24H25NO. The maximum Gasteiger partial charge on any atom is 0.115 e. The lowest BCUT2D eigenvalue weighted by Gasteiger charge is -2.47. The van der Waals surface area contributed by atoms with Crippen LogP contribution in [0.2, 0.25) is 0 Å². The van der Waals surface area contributed by atoms with Gasteiger partial charge in [0.15, 0.2) is 0 Å². The second-order valence-electron chi connectivity index (χ2n) is 7.04. The first-order chi connectivity index (χ1) is 12.8. The Hall–Kier alpha value is -2.58. The highest BCUT2D eigenvalue weighted by atomic mass is 16.3. The number of likely N-dealkylation sites (tertiary alicyclic amines) is 1. The number of piperidine rings is 1. The van der Waals surface area contributed by atoms with Crippen LogP contribution in [0.5, 0.6) is 5.75 Å². The van der Waals surface area contributed by atoms with Gasteiger partial charge in [0.1, 0.15) is 5.75 Å². The number of benzene rings is 3. The summed E-state index contributed by atoms with van der Waals surface area (Å²) in [6.45, 7) is 2.15. The van der Waals surface area contributed by atoms with Crippen molar-refractivity contribution < 1.29 is 5.11 Å². The van der Waals surface area contributed by atoms with Gasteiger partial charge in [-0.1, -0.05) is 79.2 Å². The average Bonchev–Trinajstić information content (AvgIpc) is 2.72. The molecule has 1 heterocycles. The third kappa shape index (κ3) is 2.91. The smallest absolute Gasteiger partial charge is 0.115 e. The second kappa shape index (κ2) is 7.35. The molecule has 1 saturated heterocycles. The minimum Gasteiger partial charge on any atom is -0.508 e. The van der Waals surface area contributed by atoms with Crippen molar-refractivity contribution in [3.05, 3.63) is 102 Å². The maximum absolute atomic E-state index is 9.86. The molecule has 2 nitrogen and oxygen atoms in total. The van der Waals surface area contributed by atoms with Gasteiger partial charge in [-0.05, 0) is 54.8 Å². The molecule has 26 heavy (non-hydrogen) atoms. The van der Waals surface area contributed by atoms with E-state index in [1.165, 1.54) is 36.0 Å². The Morgan fingerprint density at radius 3 is 1.54 bits per heavy atom. The van der Waals surface area contributed by atoms with Crippen molar-refractivity contribution in [2.24, 2.45) is 0 Å². The van der Waals surface area contributed by atoms with Gasteiger partial charge in [-0.25, -0.2) is 0 Å². The maximum atomic E-state index is 9.86. The van der Waals surface area contributed by atoms with Crippen molar-refractivity contribution in [3.63, 3.8) is 0 Å². The van der Waals surface area contributed by atoms with Crippen molar-refractivity contribution >= 4 is 0 Å². The van der Waals surface area contributed by atoms with E-state index < -0.39 is 0 Å². The van der Waals surface area contributed by atoms with E-state index in [9.17, 15) is 5.11 Å². The molecule has 0 aliphatic carbocycles. The minimum absolute atomic E-state index is 0.308. The molecule has 0 unspecified atom stereocenters. The Balaban J connectivity index is 2.00. The molecule has 4 rings (SSSR count). The zero-order valence-corrected chi connectivity index (χ0v) is 15.0. The van der Waals surface area contributed by atoms with Crippen LogP contribution in [-0.2, 0) is 5.54 Å². The Bertz CT molecular complexity index is 782. The van der Waals surface area contributed by atoms with Crippen LogP contribution in [-0.4, -0.2) is 23.1 Å². The highest BCUT2D eigenvalue weighted by Crippen LogP contribution is 2.43. The topological polar surface area (TPSA) is 23.5 Å². The van der Waals surface area contributed by atoms with E-state index in [2.05, 4.69) is 77.7 Å². The summed E-state index contributed by atoms with van der Waals surface area (Å²) in [5.74, 6) is 0.308. The van der Waals surface area contributed by atoms with Gasteiger partial charge in [0.25, 0.3) is 0 Å². The summed E-state index contributed by atoms with van der Waals surface area (Å²) in [6.07, 6.45) is 3.74. The molecule has 2 heteroatoms. The van der Waals surface area contributed by atoms with Crippen molar-refractivity contribution in [1.29, 1.82) is 0 Å². The molecule has 3 aromatic carbocycles. The van der Waals surface area contributed by atoms with Crippen molar-refractivity contribution in [3.8, 4) is 5.75 Å². The fourth-order valence-electron chi connectivity index (χ4n) is 4.34. The number of nitrogens with zero attached hydrogens (tertiary/aromatic N) is 1. The third-order valence-electron chi connectivity index (χ3n) is 5.50. The molecule has 0 bridgehead atoms. The number of aromatic hydroxyl groups is 1. The standard InChI is InChI=1S/C24H25NO/c26-23-16-14-22(15-17-23)24(20-10-4-1-5-11-20,21-12-6-2-7-13-21)25-18-8-3-9-19-25/h1-2,4-7,10-17,26H,3,8-9,18-19H2. The molecule has 0 aromatic heterocycles. The predicted octanol–water partition coefficient (Wildman–Crippen LogP) is 5.17. The van der Waals surface area contributed by atoms with Crippen LogP contribution in [0.4, 0.5) is 0 Å². The SMILES string of the molecule is Oc1ccc(C(c2ccccc2)(c2ccccc2)N2CCCCC2)cc1. The fourth-order valence-corrected chi connectivity index (χ4v) is 4.34. The molecular weight excluding hydrogens is 318 g/mol. The van der Waals surface area contributed by atoms with Gasteiger partial charge in [-0.15, -0.1) is 0 Å². The molecule has 1 aliphatic rings. The molecule has 1 fully saturated rings. The van der Waals surface area contributed by atoms with Crippen LogP contribution in [0.15, 0.2) is 84.9 Å². The summed E-state index contributed by atoms with van der Waals surface area (Å²) in [5.41, 5.74) is 3.42. The first kappa shape index (κ1) is 16.9. The van der Waals surface area contributed by atoms with Gasteiger partial charge in [0.05, 0.1) is 5.54 Å². The summed E-state index contributed by atoms with van der Waals surface area (Å²) in [6, 6.07) is 29.3. The molecule has 0 atom stereocenters. The zero-order valence-electron chi connectivity index (χ0n) is 15.0. The summed E-state index contributed by atoms with van der Waals surface area (Å²) in [7, 11) is 0. The number of rotatable bonds is 4. The van der Waals surface area contributed by atoms with Gasteiger partial charge in [-0.2, -0.15) is 0 Å². The summed E-state index contributed by atoms with van der Waals surface area (Å²) < 4.78 is 0. The van der Waals surface area contributed by atoms with Crippen molar-refractivity contribution in [2.75, 3.05) is 13.1 Å². The van der Waals surface area contributed by atoms with E-state index in [1.54, 1.807) is 12.1 Å². The number of hydrogen-bond acceptors (Lipinski definition) is 2. The zero-order chi connectivity index (χ0) is 17.8. The highest BCUT2D eigenvalue weighted by Gasteiger charge is 2.42. The van der Waals surface area contributed by atoms with E-state index >= 15 is 0 Å². The van der Waals surface area contributed by atoms with Gasteiger partial charge < -0.3 is 5.11 Å². The Labute approximate surface area is 155 Å². The van der Waals surface area contributed by atoms with Gasteiger partial charge in [0.2, 0.25) is 0 Å². The molecule has 0 saturated carbocycles. The normalized spacial score (nSPS) is 15.7. The number of phenolic OH excluding ortho intramolecular Hbond substituents is 1. The van der Waals surface area contributed by atoms with E-state index in [0.717, 1.165) is 13.1 Å². The minimum atomic E-state index is -0.337. The first-order valence-corrected chi connectivity index (χ1v) is 9.47. The van der Waals surface area contributed by atoms with E-state index in [4.69, 9.17) is 0 Å². The Kier molecular flexibility index (Phi) is 4.77. The third-order valence-corrected chi connectivity index (χ3v) is 5.50. The van der Waals surface area contributed by atoms with E-state index in [-0.39, 0.29) is 5.54 Å². The lowest BCUT2D eigenvalue weighted by molar-refractivity contribution is 0.127. The lowest BCUT2D eigenvalue weighted by Crippen LogP contribution is -2.50. The van der Waals surface area contributed by atoms with Gasteiger partial charge in [-0.3, -0.25) is 4.90 Å². The van der Waals surface area contributed by atoms with Crippen LogP contribution >= 0.6 is 0 Å². The fraction of sp³-hybridized carbons (Fsp3) is 0.250. The highest BCUT2D eigenvalue weighted by molar-refractivity contribution is 5.50. The predicted molar refractivity (Wildman–Crippen MR) is 106 cm³/mol. The molecule has 1 N–H and O–H groups in total. The second-order valence-corrected chi connectivity index (χ2v) is 7.04. The number of hydrogen-bond donors (Lipinski definition) is 1.